The number of aromatic nitrogens is 6. The van der Waals surface area contributed by atoms with Gasteiger partial charge >= 0.3 is 0 Å². The summed E-state index contributed by atoms with van der Waals surface area (Å²) in [5, 5.41) is 12.2. The molecule has 5 heterocycles. The molecule has 8 bridgehead atoms. The van der Waals surface area contributed by atoms with E-state index < -0.39 is 47.8 Å². The highest BCUT2D eigenvalue weighted by molar-refractivity contribution is 5.96. The molecule has 16 heteroatoms. The third-order valence-corrected chi connectivity index (χ3v) is 10.2. The summed E-state index contributed by atoms with van der Waals surface area (Å²) < 4.78 is 15.7. The molecule has 0 saturated heterocycles. The lowest BCUT2D eigenvalue weighted by molar-refractivity contribution is 0.0902. The van der Waals surface area contributed by atoms with Gasteiger partial charge in [0.15, 0.2) is 11.4 Å². The van der Waals surface area contributed by atoms with Crippen molar-refractivity contribution in [2.75, 3.05) is 0 Å². The van der Waals surface area contributed by atoms with E-state index in [0.717, 1.165) is 0 Å². The Morgan fingerprint density at radius 1 is 0.463 bits per heavy atom. The van der Waals surface area contributed by atoms with Gasteiger partial charge in [0.05, 0.1) is 12.1 Å². The van der Waals surface area contributed by atoms with Gasteiger partial charge in [-0.15, -0.1) is 0 Å². The number of carbonyl (C=O) groups excluding carboxylic acids is 4. The molecule has 0 aromatic carbocycles. The number of nitrogens with one attached hydrogen (secondary N) is 4. The molecule has 1 aliphatic rings. The Hall–Kier alpha value is -5.28. The van der Waals surface area contributed by atoms with Crippen molar-refractivity contribution in [3.05, 3.63) is 69.1 Å². The fourth-order valence-electron chi connectivity index (χ4n) is 6.63. The van der Waals surface area contributed by atoms with Crippen molar-refractivity contribution < 1.29 is 28.0 Å². The van der Waals surface area contributed by atoms with E-state index in [2.05, 4.69) is 31.2 Å². The summed E-state index contributed by atoms with van der Waals surface area (Å²) in [5.74, 6) is -0.673. The monoisotopic (exact) mass is 746 g/mol. The van der Waals surface area contributed by atoms with Gasteiger partial charge in [0.1, 0.15) is 46.6 Å². The number of imidazole rings is 2. The molecule has 0 saturated carbocycles. The SMILES string of the molecule is Cc1oc2nc1C(=O)N[C@@H](C(C)C)c1nc(c(C)n1C)C(=O)N[C@@H](C(C)C)c1nc(c(C)o1)C(=O)N[C@@H](C(C)C)c1nc(c(C)n1C)C(=O)N[C@H]2C(C)C. The molecule has 0 radical (unpaired) electrons. The molecule has 4 aromatic rings. The maximum absolute atomic E-state index is 13.9. The second-order valence-corrected chi connectivity index (χ2v) is 15.6. The van der Waals surface area contributed by atoms with E-state index in [1.807, 2.05) is 55.4 Å². The van der Waals surface area contributed by atoms with Gasteiger partial charge in [0, 0.05) is 25.5 Å². The number of oxazole rings is 2. The van der Waals surface area contributed by atoms with Crippen molar-refractivity contribution in [3.8, 4) is 0 Å². The van der Waals surface area contributed by atoms with Crippen molar-refractivity contribution in [1.82, 2.24) is 50.3 Å². The molecule has 0 spiro atoms. The van der Waals surface area contributed by atoms with Crippen molar-refractivity contribution in [1.29, 1.82) is 0 Å². The Morgan fingerprint density at radius 3 is 1.04 bits per heavy atom. The average molecular weight is 747 g/mol. The van der Waals surface area contributed by atoms with Crippen LogP contribution in [0, 0.1) is 51.4 Å². The maximum atomic E-state index is 13.9. The zero-order chi connectivity index (χ0) is 40.1. The molecule has 292 valence electrons. The Labute approximate surface area is 315 Å². The van der Waals surface area contributed by atoms with Gasteiger partial charge < -0.3 is 39.2 Å². The number of hydrogen-bond donors (Lipinski definition) is 4. The molecule has 4 atom stereocenters. The maximum Gasteiger partial charge on any atom is 0.274 e. The van der Waals surface area contributed by atoms with Crippen LogP contribution < -0.4 is 21.3 Å². The number of hydrogen-bond acceptors (Lipinski definition) is 10. The molecule has 4 N–H and O–H groups in total. The van der Waals surface area contributed by atoms with E-state index in [1.165, 1.54) is 0 Å². The molecule has 0 unspecified atom stereocenters. The topological polar surface area (TPSA) is 204 Å². The fraction of sp³-hybridized carbons (Fsp3) is 0.579. The largest absolute Gasteiger partial charge is 0.443 e. The van der Waals surface area contributed by atoms with Crippen LogP contribution in [0.3, 0.4) is 0 Å². The van der Waals surface area contributed by atoms with Crippen LogP contribution in [0.25, 0.3) is 0 Å². The summed E-state index contributed by atoms with van der Waals surface area (Å²) in [5.41, 5.74) is 1.66. The van der Waals surface area contributed by atoms with E-state index in [1.54, 1.807) is 50.9 Å². The standard InChI is InChI=1S/C38H54N10O6/c1-15(2)23-31-39-27(19(9)47(31)13)33(49)43-26(18(7)8)38-46-30(22(12)54-38)36(52)42-24(16(3)4)32-40-28(20(10)48(32)14)34(50)44-25(17(5)6)37-45-29(21(11)53-37)35(51)41-23/h15-18,23-26H,1-14H3,(H,41,51)(H,42,52)(H,43,49)(H,44,50)/t23-,24-,25-,26-/m0/s1. The molecule has 16 nitrogen and oxygen atoms in total. The summed E-state index contributed by atoms with van der Waals surface area (Å²) in [4.78, 5) is 74.3. The quantitative estimate of drug-likeness (QED) is 0.215. The summed E-state index contributed by atoms with van der Waals surface area (Å²) in [6.45, 7) is 22.3. The van der Waals surface area contributed by atoms with E-state index in [-0.39, 0.29) is 69.7 Å². The summed E-state index contributed by atoms with van der Waals surface area (Å²) in [7, 11) is 3.58. The van der Waals surface area contributed by atoms with E-state index in [0.29, 0.717) is 23.0 Å². The molecule has 4 amide bonds. The van der Waals surface area contributed by atoms with Crippen molar-refractivity contribution in [2.24, 2.45) is 37.8 Å². The van der Waals surface area contributed by atoms with E-state index >= 15 is 0 Å². The van der Waals surface area contributed by atoms with E-state index in [9.17, 15) is 19.2 Å². The number of rotatable bonds is 4. The van der Waals surface area contributed by atoms with Gasteiger partial charge in [-0.2, -0.15) is 0 Å². The summed E-state index contributed by atoms with van der Waals surface area (Å²) in [6, 6.07) is -2.62. The minimum Gasteiger partial charge on any atom is -0.443 e. The van der Waals surface area contributed by atoms with Gasteiger partial charge in [0.25, 0.3) is 23.6 Å². The zero-order valence-electron chi connectivity index (χ0n) is 33.8. The minimum atomic E-state index is -0.702. The average Bonchev–Trinajstić information content (AvgIpc) is 3.83. The second-order valence-electron chi connectivity index (χ2n) is 15.6. The lowest BCUT2D eigenvalue weighted by atomic mass is 10.0. The first-order valence-electron chi connectivity index (χ1n) is 18.5. The lowest BCUT2D eigenvalue weighted by Gasteiger charge is -2.22. The first-order valence-corrected chi connectivity index (χ1v) is 18.5. The molecule has 4 aromatic heterocycles. The number of nitrogens with zero attached hydrogens (tertiary/aromatic N) is 6. The van der Waals surface area contributed by atoms with Crippen LogP contribution in [-0.2, 0) is 14.1 Å². The predicted molar refractivity (Wildman–Crippen MR) is 199 cm³/mol. The summed E-state index contributed by atoms with van der Waals surface area (Å²) >= 11 is 0. The highest BCUT2D eigenvalue weighted by Gasteiger charge is 2.35. The Kier molecular flexibility index (Phi) is 11.3. The van der Waals surface area contributed by atoms with Gasteiger partial charge in [0.2, 0.25) is 11.8 Å². The van der Waals surface area contributed by atoms with Gasteiger partial charge in [-0.05, 0) is 51.4 Å². The van der Waals surface area contributed by atoms with Crippen molar-refractivity contribution in [3.63, 3.8) is 0 Å². The molecule has 5 rings (SSSR count). The third kappa shape index (κ3) is 7.42. The predicted octanol–water partition coefficient (Wildman–Crippen LogP) is 5.19. The molecule has 0 aliphatic carbocycles. The highest BCUT2D eigenvalue weighted by atomic mass is 16.4. The number of amides is 4. The van der Waals surface area contributed by atoms with Crippen LogP contribution >= 0.6 is 0 Å². The Bertz CT molecular complexity index is 1930. The Balaban J connectivity index is 1.66. The normalized spacial score (nSPS) is 20.3. The lowest BCUT2D eigenvalue weighted by Crippen LogP contribution is -2.35. The zero-order valence-corrected chi connectivity index (χ0v) is 33.8. The Morgan fingerprint density at radius 2 is 0.741 bits per heavy atom. The van der Waals surface area contributed by atoms with E-state index in [4.69, 9.17) is 18.8 Å². The second kappa shape index (κ2) is 15.2. The van der Waals surface area contributed by atoms with Crippen LogP contribution in [0.2, 0.25) is 0 Å². The first kappa shape index (κ1) is 39.9. The molecule has 54 heavy (non-hydrogen) atoms. The van der Waals surface area contributed by atoms with Gasteiger partial charge in [-0.25, -0.2) is 19.9 Å². The number of carbonyl (C=O) groups is 4. The van der Waals surface area contributed by atoms with Crippen LogP contribution in [0.5, 0.6) is 0 Å². The molecule has 1 aliphatic heterocycles. The van der Waals surface area contributed by atoms with Crippen LogP contribution in [0.4, 0.5) is 0 Å². The van der Waals surface area contributed by atoms with Crippen molar-refractivity contribution >= 4 is 23.6 Å². The highest BCUT2D eigenvalue weighted by Crippen LogP contribution is 2.30. The van der Waals surface area contributed by atoms with Gasteiger partial charge in [-0.3, -0.25) is 19.2 Å². The van der Waals surface area contributed by atoms with Crippen LogP contribution in [-0.4, -0.2) is 52.7 Å². The molecular formula is C38H54N10O6. The minimum absolute atomic E-state index is 0.0705. The van der Waals surface area contributed by atoms with Crippen LogP contribution in [0.1, 0.15) is 168 Å². The fourth-order valence-corrected chi connectivity index (χ4v) is 6.63. The van der Waals surface area contributed by atoms with Crippen molar-refractivity contribution in [2.45, 2.75) is 107 Å². The third-order valence-electron chi connectivity index (χ3n) is 10.2. The smallest absolute Gasteiger partial charge is 0.274 e. The first-order chi connectivity index (χ1) is 25.2. The van der Waals surface area contributed by atoms with Crippen LogP contribution in [0.15, 0.2) is 8.83 Å². The summed E-state index contributed by atoms with van der Waals surface area (Å²) in [6.07, 6.45) is 0. The van der Waals surface area contributed by atoms with Gasteiger partial charge in [-0.1, -0.05) is 55.4 Å². The molecular weight excluding hydrogens is 692 g/mol. The molecule has 0 fully saturated rings. The number of aryl methyl sites for hydroxylation is 2. The number of fused-ring (bicyclic) bond motifs is 8.